The SMILES string of the molecule is CC(C)(C)c1cc(C(=O)NN=CC=Cc2ccc3c(c2)OCO3)n[nH]1. The van der Waals surface area contributed by atoms with Gasteiger partial charge in [-0.3, -0.25) is 9.89 Å². The van der Waals surface area contributed by atoms with E-state index >= 15 is 0 Å². The van der Waals surface area contributed by atoms with E-state index in [4.69, 9.17) is 9.47 Å². The zero-order valence-electron chi connectivity index (χ0n) is 14.4. The Morgan fingerprint density at radius 3 is 2.84 bits per heavy atom. The number of allylic oxidation sites excluding steroid dienone is 1. The van der Waals surface area contributed by atoms with Gasteiger partial charge in [0, 0.05) is 17.3 Å². The number of fused-ring (bicyclic) bond motifs is 1. The molecule has 3 rings (SSSR count). The number of nitrogens with zero attached hydrogens (tertiary/aromatic N) is 2. The van der Waals surface area contributed by atoms with Crippen molar-refractivity contribution < 1.29 is 14.3 Å². The van der Waals surface area contributed by atoms with Crippen LogP contribution < -0.4 is 14.9 Å². The number of hydrogen-bond donors (Lipinski definition) is 2. The second kappa shape index (κ2) is 6.80. The van der Waals surface area contributed by atoms with Crippen LogP contribution in [0, 0.1) is 0 Å². The van der Waals surface area contributed by atoms with Crippen LogP contribution in [0.1, 0.15) is 42.5 Å². The topological polar surface area (TPSA) is 88.6 Å². The van der Waals surface area contributed by atoms with E-state index in [1.807, 2.05) is 45.0 Å². The van der Waals surface area contributed by atoms with Gasteiger partial charge in [0.2, 0.25) is 6.79 Å². The first-order chi connectivity index (χ1) is 11.9. The number of aromatic amines is 1. The second-order valence-electron chi connectivity index (χ2n) is 6.61. The van der Waals surface area contributed by atoms with E-state index < -0.39 is 0 Å². The highest BCUT2D eigenvalue weighted by Crippen LogP contribution is 2.32. The monoisotopic (exact) mass is 340 g/mol. The van der Waals surface area contributed by atoms with Gasteiger partial charge in [-0.2, -0.15) is 10.2 Å². The van der Waals surface area contributed by atoms with Crippen LogP contribution in [-0.4, -0.2) is 29.1 Å². The Bertz CT molecular complexity index is 831. The van der Waals surface area contributed by atoms with Crippen molar-refractivity contribution in [2.75, 3.05) is 6.79 Å². The lowest BCUT2D eigenvalue weighted by molar-refractivity contribution is 0.0950. The summed E-state index contributed by atoms with van der Waals surface area (Å²) in [6, 6.07) is 7.37. The predicted molar refractivity (Wildman–Crippen MR) is 94.8 cm³/mol. The summed E-state index contributed by atoms with van der Waals surface area (Å²) < 4.78 is 10.6. The largest absolute Gasteiger partial charge is 0.454 e. The van der Waals surface area contributed by atoms with Crippen LogP contribution in [0.3, 0.4) is 0 Å². The molecule has 0 spiro atoms. The number of hydrogen-bond acceptors (Lipinski definition) is 5. The number of carbonyl (C=O) groups excluding carboxylic acids is 1. The van der Waals surface area contributed by atoms with Gasteiger partial charge < -0.3 is 9.47 Å². The molecule has 2 aromatic rings. The third-order valence-electron chi connectivity index (χ3n) is 3.63. The molecule has 7 nitrogen and oxygen atoms in total. The Morgan fingerprint density at radius 1 is 1.28 bits per heavy atom. The number of aromatic nitrogens is 2. The molecule has 0 radical (unpaired) electrons. The molecule has 2 heterocycles. The van der Waals surface area contributed by atoms with Crippen molar-refractivity contribution in [1.29, 1.82) is 0 Å². The van der Waals surface area contributed by atoms with Crippen LogP contribution in [-0.2, 0) is 5.41 Å². The van der Waals surface area contributed by atoms with Crippen molar-refractivity contribution >= 4 is 18.2 Å². The maximum atomic E-state index is 12.0. The molecule has 0 saturated carbocycles. The zero-order chi connectivity index (χ0) is 17.9. The Morgan fingerprint density at radius 2 is 2.08 bits per heavy atom. The van der Waals surface area contributed by atoms with Gasteiger partial charge in [0.05, 0.1) is 0 Å². The third-order valence-corrected chi connectivity index (χ3v) is 3.63. The molecule has 7 heteroatoms. The Balaban J connectivity index is 1.54. The number of ether oxygens (including phenoxy) is 2. The van der Waals surface area contributed by atoms with E-state index in [9.17, 15) is 4.79 Å². The number of hydrazone groups is 1. The van der Waals surface area contributed by atoms with E-state index in [2.05, 4.69) is 20.7 Å². The maximum Gasteiger partial charge on any atom is 0.291 e. The van der Waals surface area contributed by atoms with Gasteiger partial charge in [-0.25, -0.2) is 5.43 Å². The average Bonchev–Trinajstić information content (AvgIpc) is 3.22. The molecule has 0 aliphatic carbocycles. The van der Waals surface area contributed by atoms with Gasteiger partial charge in [-0.05, 0) is 29.8 Å². The maximum absolute atomic E-state index is 12.0. The molecule has 0 atom stereocenters. The van der Waals surface area contributed by atoms with E-state index in [1.54, 1.807) is 12.1 Å². The Kier molecular flexibility index (Phi) is 4.56. The highest BCUT2D eigenvalue weighted by Gasteiger charge is 2.19. The van der Waals surface area contributed by atoms with Crippen molar-refractivity contribution in [2.45, 2.75) is 26.2 Å². The number of benzene rings is 1. The average molecular weight is 340 g/mol. The van der Waals surface area contributed by atoms with Crippen LogP contribution in [0.4, 0.5) is 0 Å². The van der Waals surface area contributed by atoms with Gasteiger partial charge >= 0.3 is 0 Å². The van der Waals surface area contributed by atoms with Gasteiger partial charge in [-0.1, -0.05) is 32.9 Å². The van der Waals surface area contributed by atoms with E-state index in [0.29, 0.717) is 5.69 Å². The first-order valence-corrected chi connectivity index (χ1v) is 7.89. The molecule has 0 unspecified atom stereocenters. The van der Waals surface area contributed by atoms with Crippen LogP contribution in [0.15, 0.2) is 35.4 Å². The number of nitrogens with one attached hydrogen (secondary N) is 2. The minimum absolute atomic E-state index is 0.0951. The summed E-state index contributed by atoms with van der Waals surface area (Å²) in [6.07, 6.45) is 5.08. The van der Waals surface area contributed by atoms with Crippen molar-refractivity contribution in [3.05, 3.63) is 47.3 Å². The number of H-pyrrole nitrogens is 1. The Labute approximate surface area is 145 Å². The fraction of sp³-hybridized carbons (Fsp3) is 0.278. The fourth-order valence-corrected chi connectivity index (χ4v) is 2.19. The summed E-state index contributed by atoms with van der Waals surface area (Å²) in [5, 5.41) is 10.8. The minimum atomic E-state index is -0.362. The molecular formula is C18H20N4O3. The van der Waals surface area contributed by atoms with Crippen molar-refractivity contribution in [3.63, 3.8) is 0 Å². The summed E-state index contributed by atoms with van der Waals surface area (Å²) in [5.74, 6) is 1.10. The summed E-state index contributed by atoms with van der Waals surface area (Å²) in [6.45, 7) is 6.38. The van der Waals surface area contributed by atoms with Crippen LogP contribution in [0.2, 0.25) is 0 Å². The normalized spacial score (nSPS) is 13.7. The molecule has 130 valence electrons. The first-order valence-electron chi connectivity index (χ1n) is 7.89. The molecule has 1 aliphatic rings. The molecule has 1 aliphatic heterocycles. The predicted octanol–water partition coefficient (Wildman–Crippen LogP) is 2.86. The minimum Gasteiger partial charge on any atom is -0.454 e. The molecule has 0 saturated heterocycles. The quantitative estimate of drug-likeness (QED) is 0.662. The van der Waals surface area contributed by atoms with Crippen molar-refractivity contribution in [2.24, 2.45) is 5.10 Å². The van der Waals surface area contributed by atoms with Crippen molar-refractivity contribution in [1.82, 2.24) is 15.6 Å². The molecule has 1 aromatic carbocycles. The molecule has 25 heavy (non-hydrogen) atoms. The van der Waals surface area contributed by atoms with Crippen LogP contribution in [0.25, 0.3) is 6.08 Å². The summed E-state index contributed by atoms with van der Waals surface area (Å²) in [7, 11) is 0. The third kappa shape index (κ3) is 4.06. The molecular weight excluding hydrogens is 320 g/mol. The van der Waals surface area contributed by atoms with E-state index in [1.165, 1.54) is 6.21 Å². The first kappa shape index (κ1) is 16.8. The molecule has 0 bridgehead atoms. The lowest BCUT2D eigenvalue weighted by Gasteiger charge is -2.14. The van der Waals surface area contributed by atoms with Crippen molar-refractivity contribution in [3.8, 4) is 11.5 Å². The number of carbonyl (C=O) groups is 1. The molecule has 2 N–H and O–H groups in total. The van der Waals surface area contributed by atoms with E-state index in [0.717, 1.165) is 22.8 Å². The highest BCUT2D eigenvalue weighted by atomic mass is 16.7. The Hall–Kier alpha value is -3.09. The van der Waals surface area contributed by atoms with Gasteiger partial charge in [0.1, 0.15) is 0 Å². The lowest BCUT2D eigenvalue weighted by atomic mass is 9.92. The molecule has 0 fully saturated rings. The zero-order valence-corrected chi connectivity index (χ0v) is 14.4. The smallest absolute Gasteiger partial charge is 0.291 e. The van der Waals surface area contributed by atoms with Gasteiger partial charge in [0.15, 0.2) is 17.2 Å². The second-order valence-corrected chi connectivity index (χ2v) is 6.61. The summed E-state index contributed by atoms with van der Waals surface area (Å²) in [4.78, 5) is 12.0. The number of rotatable bonds is 4. The summed E-state index contributed by atoms with van der Waals surface area (Å²) in [5.41, 5.74) is 4.50. The fourth-order valence-electron chi connectivity index (χ4n) is 2.19. The van der Waals surface area contributed by atoms with Crippen LogP contribution in [0.5, 0.6) is 11.5 Å². The number of amides is 1. The molecule has 1 amide bonds. The standard InChI is InChI=1S/C18H20N4O3/c1-18(2,3)16-10-13(20-21-16)17(23)22-19-8-4-5-12-6-7-14-15(9-12)25-11-24-14/h4-10H,11H2,1-3H3,(H,20,21)(H,22,23). The van der Waals surface area contributed by atoms with Gasteiger partial charge in [-0.15, -0.1) is 0 Å². The summed E-state index contributed by atoms with van der Waals surface area (Å²) >= 11 is 0. The van der Waals surface area contributed by atoms with E-state index in [-0.39, 0.29) is 18.1 Å². The van der Waals surface area contributed by atoms with Crippen LogP contribution >= 0.6 is 0 Å². The molecule has 1 aromatic heterocycles. The van der Waals surface area contributed by atoms with Gasteiger partial charge in [0.25, 0.3) is 5.91 Å². The lowest BCUT2D eigenvalue weighted by Crippen LogP contribution is -2.17. The highest BCUT2D eigenvalue weighted by molar-refractivity contribution is 5.93.